The predicted octanol–water partition coefficient (Wildman–Crippen LogP) is 3.03. The van der Waals surface area contributed by atoms with Gasteiger partial charge in [0.05, 0.1) is 11.9 Å². The lowest BCUT2D eigenvalue weighted by atomic mass is 10.1. The van der Waals surface area contributed by atoms with Crippen LogP contribution in [0.3, 0.4) is 0 Å². The average molecular weight is 397 g/mol. The minimum atomic E-state index is -3.29. The van der Waals surface area contributed by atoms with Gasteiger partial charge in [0, 0.05) is 23.1 Å². The van der Waals surface area contributed by atoms with Crippen molar-refractivity contribution in [2.75, 3.05) is 22.8 Å². The van der Waals surface area contributed by atoms with E-state index in [0.29, 0.717) is 23.8 Å². The first-order chi connectivity index (χ1) is 12.4. The Labute approximate surface area is 158 Å². The second-order valence-corrected chi connectivity index (χ2v) is 8.60. The van der Waals surface area contributed by atoms with Crippen LogP contribution < -0.4 is 15.8 Å². The van der Waals surface area contributed by atoms with Crippen LogP contribution in [-0.2, 0) is 14.8 Å². The van der Waals surface area contributed by atoms with Crippen molar-refractivity contribution >= 4 is 38.1 Å². The molecule has 7 nitrogen and oxygen atoms in total. The summed E-state index contributed by atoms with van der Waals surface area (Å²) in [6, 6.07) is 6.92. The molecule has 0 atom stereocenters. The van der Waals surface area contributed by atoms with Crippen molar-refractivity contribution < 1.29 is 13.2 Å². The van der Waals surface area contributed by atoms with Crippen LogP contribution in [0, 0.1) is 0 Å². The summed E-state index contributed by atoms with van der Waals surface area (Å²) in [7, 11) is -3.29. The zero-order valence-electron chi connectivity index (χ0n) is 14.7. The molecule has 0 saturated carbocycles. The van der Waals surface area contributed by atoms with Crippen LogP contribution in [0.5, 0.6) is 0 Å². The van der Waals surface area contributed by atoms with E-state index in [1.165, 1.54) is 11.3 Å². The Morgan fingerprint density at radius 1 is 1.15 bits per heavy atom. The second-order valence-electron chi connectivity index (χ2n) is 5.99. The van der Waals surface area contributed by atoms with Gasteiger partial charge in [0.25, 0.3) is 0 Å². The third-order valence-electron chi connectivity index (χ3n) is 3.59. The third kappa shape index (κ3) is 7.11. The molecule has 0 fully saturated rings. The van der Waals surface area contributed by atoms with Crippen molar-refractivity contribution in [1.82, 2.24) is 4.98 Å². The van der Waals surface area contributed by atoms with E-state index in [0.717, 1.165) is 43.2 Å². The molecule has 0 bridgehead atoms. The van der Waals surface area contributed by atoms with E-state index >= 15 is 0 Å². The molecule has 1 heterocycles. The zero-order chi connectivity index (χ0) is 19.0. The third-order valence-corrected chi connectivity index (χ3v) is 4.96. The molecule has 0 saturated heterocycles. The summed E-state index contributed by atoms with van der Waals surface area (Å²) in [5.41, 5.74) is 7.52. The lowest BCUT2D eigenvalue weighted by Gasteiger charge is -2.04. The highest BCUT2D eigenvalue weighted by Gasteiger charge is 2.09. The molecule has 9 heteroatoms. The molecule has 0 unspecified atom stereocenters. The number of unbranched alkanes of at least 4 members (excludes halogenated alkanes) is 3. The molecule has 0 aliphatic rings. The minimum Gasteiger partial charge on any atom is -0.330 e. The van der Waals surface area contributed by atoms with Gasteiger partial charge >= 0.3 is 0 Å². The lowest BCUT2D eigenvalue weighted by Crippen LogP contribution is -2.10. The monoisotopic (exact) mass is 396 g/mol. The molecule has 1 amide bonds. The summed E-state index contributed by atoms with van der Waals surface area (Å²) in [6.45, 7) is 0.694. The van der Waals surface area contributed by atoms with Crippen LogP contribution in [0.25, 0.3) is 11.3 Å². The topological polar surface area (TPSA) is 114 Å². The fraction of sp³-hybridized carbons (Fsp3) is 0.412. The molecular formula is C17H24N4O3S2. The number of hydrogen-bond donors (Lipinski definition) is 3. The van der Waals surface area contributed by atoms with Crippen molar-refractivity contribution in [3.05, 3.63) is 29.6 Å². The Bertz CT molecular complexity index is 817. The number of carbonyl (C=O) groups excluding carboxylic acids is 1. The van der Waals surface area contributed by atoms with E-state index in [1.54, 1.807) is 24.3 Å². The van der Waals surface area contributed by atoms with Gasteiger partial charge in [-0.25, -0.2) is 13.4 Å². The van der Waals surface area contributed by atoms with E-state index in [4.69, 9.17) is 5.73 Å². The Balaban J connectivity index is 1.88. The number of hydrogen-bond acceptors (Lipinski definition) is 6. The molecular weight excluding hydrogens is 372 g/mol. The van der Waals surface area contributed by atoms with Crippen LogP contribution in [0.1, 0.15) is 32.1 Å². The molecule has 1 aromatic heterocycles. The molecule has 0 aliphatic carbocycles. The van der Waals surface area contributed by atoms with Crippen LogP contribution in [0.4, 0.5) is 10.8 Å². The highest BCUT2D eigenvalue weighted by atomic mass is 32.2. The summed E-state index contributed by atoms with van der Waals surface area (Å²) < 4.78 is 24.9. The maximum absolute atomic E-state index is 11.9. The molecule has 2 aromatic rings. The van der Waals surface area contributed by atoms with Gasteiger partial charge in [-0.1, -0.05) is 25.0 Å². The lowest BCUT2D eigenvalue weighted by molar-refractivity contribution is -0.116. The fourth-order valence-electron chi connectivity index (χ4n) is 2.35. The predicted molar refractivity (Wildman–Crippen MR) is 107 cm³/mol. The summed E-state index contributed by atoms with van der Waals surface area (Å²) >= 11 is 1.36. The molecule has 4 N–H and O–H groups in total. The Morgan fingerprint density at radius 3 is 2.50 bits per heavy atom. The summed E-state index contributed by atoms with van der Waals surface area (Å²) in [6.07, 6.45) is 5.48. The number of nitrogens with one attached hydrogen (secondary N) is 2. The van der Waals surface area contributed by atoms with Crippen LogP contribution in [-0.4, -0.2) is 32.1 Å². The van der Waals surface area contributed by atoms with Gasteiger partial charge in [0.2, 0.25) is 15.9 Å². The first-order valence-electron chi connectivity index (χ1n) is 8.41. The van der Waals surface area contributed by atoms with Gasteiger partial charge in [-0.05, 0) is 31.5 Å². The zero-order valence-corrected chi connectivity index (χ0v) is 16.3. The quantitative estimate of drug-likeness (QED) is 0.534. The number of carbonyl (C=O) groups is 1. The summed E-state index contributed by atoms with van der Waals surface area (Å²) in [5.74, 6) is -0.0358. The standard InChI is InChI=1S/C17H24N4O3S2/c1-26(23,24)21-14-9-7-13(8-10-14)15-12-25-17(19-15)20-16(22)6-4-2-3-5-11-18/h7-10,12,21H,2-6,11,18H2,1H3,(H,19,20,22). The number of amides is 1. The Hall–Kier alpha value is -1.97. The first-order valence-corrected chi connectivity index (χ1v) is 11.2. The normalized spacial score (nSPS) is 11.3. The number of rotatable bonds is 10. The highest BCUT2D eigenvalue weighted by Crippen LogP contribution is 2.26. The van der Waals surface area contributed by atoms with Crippen LogP contribution in [0.15, 0.2) is 29.6 Å². The second kappa shape index (κ2) is 9.65. The first kappa shape index (κ1) is 20.3. The molecule has 142 valence electrons. The van der Waals surface area contributed by atoms with E-state index in [-0.39, 0.29) is 5.91 Å². The molecule has 0 radical (unpaired) electrons. The van der Waals surface area contributed by atoms with Gasteiger partial charge < -0.3 is 11.1 Å². The molecule has 0 aliphatic heterocycles. The van der Waals surface area contributed by atoms with E-state index in [1.807, 2.05) is 5.38 Å². The fourth-order valence-corrected chi connectivity index (χ4v) is 3.65. The SMILES string of the molecule is CS(=O)(=O)Nc1ccc(-c2csc(NC(=O)CCCCCCN)n2)cc1. The highest BCUT2D eigenvalue weighted by molar-refractivity contribution is 7.92. The number of nitrogens with zero attached hydrogens (tertiary/aromatic N) is 1. The Morgan fingerprint density at radius 2 is 1.85 bits per heavy atom. The molecule has 2 rings (SSSR count). The van der Waals surface area contributed by atoms with Gasteiger partial charge in [0.15, 0.2) is 5.13 Å². The van der Waals surface area contributed by atoms with Crippen molar-refractivity contribution in [3.8, 4) is 11.3 Å². The van der Waals surface area contributed by atoms with Gasteiger partial charge in [-0.3, -0.25) is 9.52 Å². The number of aromatic nitrogens is 1. The van der Waals surface area contributed by atoms with Crippen molar-refractivity contribution in [2.45, 2.75) is 32.1 Å². The summed E-state index contributed by atoms with van der Waals surface area (Å²) in [5, 5.41) is 5.24. The van der Waals surface area contributed by atoms with Crippen LogP contribution >= 0.6 is 11.3 Å². The number of benzene rings is 1. The Kier molecular flexibility index (Phi) is 7.55. The number of sulfonamides is 1. The maximum Gasteiger partial charge on any atom is 0.229 e. The van der Waals surface area contributed by atoms with E-state index in [2.05, 4.69) is 15.0 Å². The number of anilines is 2. The number of nitrogens with two attached hydrogens (primary N) is 1. The van der Waals surface area contributed by atoms with E-state index in [9.17, 15) is 13.2 Å². The average Bonchev–Trinajstić information content (AvgIpc) is 3.02. The van der Waals surface area contributed by atoms with Crippen molar-refractivity contribution in [1.29, 1.82) is 0 Å². The maximum atomic E-state index is 11.9. The van der Waals surface area contributed by atoms with Crippen molar-refractivity contribution in [2.24, 2.45) is 5.73 Å². The minimum absolute atomic E-state index is 0.0358. The van der Waals surface area contributed by atoms with Crippen molar-refractivity contribution in [3.63, 3.8) is 0 Å². The largest absolute Gasteiger partial charge is 0.330 e. The van der Waals surface area contributed by atoms with Gasteiger partial charge in [-0.15, -0.1) is 11.3 Å². The van der Waals surface area contributed by atoms with Gasteiger partial charge in [-0.2, -0.15) is 0 Å². The number of thiazole rings is 1. The molecule has 1 aromatic carbocycles. The smallest absolute Gasteiger partial charge is 0.229 e. The van der Waals surface area contributed by atoms with E-state index < -0.39 is 10.0 Å². The molecule has 26 heavy (non-hydrogen) atoms. The van der Waals surface area contributed by atoms with Gasteiger partial charge in [0.1, 0.15) is 0 Å². The molecule has 0 spiro atoms. The summed E-state index contributed by atoms with van der Waals surface area (Å²) in [4.78, 5) is 16.3. The van der Waals surface area contributed by atoms with Crippen LogP contribution in [0.2, 0.25) is 0 Å².